The lowest BCUT2D eigenvalue weighted by Gasteiger charge is -2.44. The van der Waals surface area contributed by atoms with Crippen molar-refractivity contribution in [2.75, 3.05) is 19.6 Å². The van der Waals surface area contributed by atoms with Gasteiger partial charge in [-0.3, -0.25) is 4.79 Å². The Hall–Kier alpha value is -1.85. The number of para-hydroxylation sites is 1. The number of aromatic hydroxyl groups is 1. The molecule has 3 aliphatic heterocycles. The van der Waals surface area contributed by atoms with E-state index in [1.165, 1.54) is 0 Å². The number of nitrogens with zero attached hydrogens (tertiary/aromatic N) is 2. The highest BCUT2D eigenvalue weighted by Gasteiger charge is 2.35. The van der Waals surface area contributed by atoms with Gasteiger partial charge in [0.05, 0.1) is 0 Å². The number of halogens is 1. The monoisotopic (exact) mass is 333 g/mol. The zero-order chi connectivity index (χ0) is 15.1. The number of fused-ring (bicyclic) bond motifs is 4. The maximum absolute atomic E-state index is 12.5. The summed E-state index contributed by atoms with van der Waals surface area (Å²) in [5.41, 5.74) is 0.842. The van der Waals surface area contributed by atoms with Crippen molar-refractivity contribution >= 4 is 29.2 Å². The third-order valence-corrected chi connectivity index (χ3v) is 4.90. The number of aromatic nitrogens is 1. The van der Waals surface area contributed by atoms with Crippen molar-refractivity contribution in [3.05, 3.63) is 36.0 Å². The van der Waals surface area contributed by atoms with E-state index >= 15 is 0 Å². The summed E-state index contributed by atoms with van der Waals surface area (Å²) in [4.78, 5) is 19.2. The molecule has 1 aromatic heterocycles. The van der Waals surface area contributed by atoms with Crippen LogP contribution in [0.5, 0.6) is 5.75 Å². The Bertz CT molecular complexity index is 729. The van der Waals surface area contributed by atoms with Crippen molar-refractivity contribution in [1.29, 1.82) is 0 Å². The molecular formula is C17H20ClN3O2. The van der Waals surface area contributed by atoms with Gasteiger partial charge in [0, 0.05) is 18.0 Å². The van der Waals surface area contributed by atoms with Gasteiger partial charge in [0.2, 0.25) is 0 Å². The van der Waals surface area contributed by atoms with Gasteiger partial charge in [-0.25, -0.2) is 4.98 Å². The van der Waals surface area contributed by atoms with Crippen LogP contribution in [0.4, 0.5) is 0 Å². The Morgan fingerprint density at radius 3 is 2.70 bits per heavy atom. The summed E-state index contributed by atoms with van der Waals surface area (Å²) in [6.45, 7) is 3.24. The first kappa shape index (κ1) is 16.0. The third kappa shape index (κ3) is 2.99. The Balaban J connectivity index is 0.00000156. The molecule has 5 rings (SSSR count). The molecule has 0 spiro atoms. The zero-order valence-corrected chi connectivity index (χ0v) is 13.6. The van der Waals surface area contributed by atoms with Crippen molar-refractivity contribution < 1.29 is 9.90 Å². The van der Waals surface area contributed by atoms with Crippen LogP contribution in [-0.2, 0) is 0 Å². The Morgan fingerprint density at radius 2 is 2.00 bits per heavy atom. The zero-order valence-electron chi connectivity index (χ0n) is 12.7. The normalized spacial score (nSPS) is 25.8. The van der Waals surface area contributed by atoms with E-state index in [0.717, 1.165) is 37.9 Å². The fourth-order valence-corrected chi connectivity index (χ4v) is 3.63. The Morgan fingerprint density at radius 1 is 1.22 bits per heavy atom. The minimum atomic E-state index is -0.149. The smallest absolute Gasteiger partial charge is 0.270 e. The van der Waals surface area contributed by atoms with Crippen molar-refractivity contribution in [3.8, 4) is 5.75 Å². The number of piperidine rings is 3. The largest absolute Gasteiger partial charge is 0.506 e. The molecule has 6 heteroatoms. The van der Waals surface area contributed by atoms with Crippen LogP contribution in [0.15, 0.2) is 30.3 Å². The molecule has 122 valence electrons. The van der Waals surface area contributed by atoms with Gasteiger partial charge in [0.1, 0.15) is 17.0 Å². The van der Waals surface area contributed by atoms with Crippen LogP contribution in [0.25, 0.3) is 10.9 Å². The highest BCUT2D eigenvalue weighted by Crippen LogP contribution is 2.28. The molecule has 3 fully saturated rings. The van der Waals surface area contributed by atoms with Crippen molar-refractivity contribution in [2.24, 2.45) is 5.92 Å². The van der Waals surface area contributed by atoms with Crippen LogP contribution in [-0.4, -0.2) is 46.6 Å². The molecule has 1 amide bonds. The lowest BCUT2D eigenvalue weighted by molar-refractivity contribution is 0.0618. The maximum Gasteiger partial charge on any atom is 0.270 e. The molecular weight excluding hydrogens is 314 g/mol. The number of pyridine rings is 1. The van der Waals surface area contributed by atoms with Gasteiger partial charge in [0.25, 0.3) is 5.91 Å². The Labute approximate surface area is 141 Å². The van der Waals surface area contributed by atoms with E-state index in [0.29, 0.717) is 17.1 Å². The molecule has 4 heterocycles. The first-order valence-electron chi connectivity index (χ1n) is 7.83. The second-order valence-corrected chi connectivity index (χ2v) is 6.26. The van der Waals surface area contributed by atoms with Gasteiger partial charge < -0.3 is 15.3 Å². The number of phenolic OH excluding ortho intramolecular Hbond substituents is 1. The topological polar surface area (TPSA) is 65.5 Å². The van der Waals surface area contributed by atoms with E-state index in [2.05, 4.69) is 15.2 Å². The number of phenols is 1. The predicted molar refractivity (Wildman–Crippen MR) is 91.1 cm³/mol. The average Bonchev–Trinajstić information content (AvgIpc) is 2.56. The van der Waals surface area contributed by atoms with E-state index in [1.807, 2.05) is 12.1 Å². The molecule has 0 radical (unpaired) electrons. The fraction of sp³-hybridized carbons (Fsp3) is 0.412. The van der Waals surface area contributed by atoms with Crippen LogP contribution in [0.2, 0.25) is 0 Å². The molecule has 0 aliphatic carbocycles. The molecule has 23 heavy (non-hydrogen) atoms. The van der Waals surface area contributed by atoms with Crippen LogP contribution in [0.3, 0.4) is 0 Å². The van der Waals surface area contributed by atoms with Gasteiger partial charge in [0.15, 0.2) is 0 Å². The lowest BCUT2D eigenvalue weighted by atomic mass is 9.84. The number of hydrogen-bond donors (Lipinski definition) is 2. The maximum atomic E-state index is 12.5. The predicted octanol–water partition coefficient (Wildman–Crippen LogP) is 2.19. The standard InChI is InChI=1S/C17H19N3O2.ClH/c21-15-3-1-2-12-4-5-13(18-16(12)15)17(22)19-14-10-20-8-6-11(14)7-9-20;/h1-5,11,14,21H,6-10H2,(H,19,22);1H/t14-;/m0./s1. The molecule has 5 nitrogen and oxygen atoms in total. The second kappa shape index (κ2) is 6.34. The second-order valence-electron chi connectivity index (χ2n) is 6.26. The van der Waals surface area contributed by atoms with Crippen molar-refractivity contribution in [3.63, 3.8) is 0 Å². The Kier molecular flexibility index (Phi) is 4.41. The van der Waals surface area contributed by atoms with E-state index in [4.69, 9.17) is 0 Å². The summed E-state index contributed by atoms with van der Waals surface area (Å²) in [6, 6.07) is 9.00. The molecule has 3 saturated heterocycles. The SMILES string of the molecule is Cl.O=C(N[C@H]1CN2CCC1CC2)c1ccc2cccc(O)c2n1. The van der Waals surface area contributed by atoms with Crippen molar-refractivity contribution in [1.82, 2.24) is 15.2 Å². The summed E-state index contributed by atoms with van der Waals surface area (Å²) in [5, 5.41) is 13.8. The van der Waals surface area contributed by atoms with E-state index in [9.17, 15) is 9.90 Å². The molecule has 2 N–H and O–H groups in total. The van der Waals surface area contributed by atoms with Crippen LogP contribution in [0, 0.1) is 5.92 Å². The highest BCUT2D eigenvalue weighted by molar-refractivity contribution is 5.96. The summed E-state index contributed by atoms with van der Waals surface area (Å²) < 4.78 is 0. The average molecular weight is 334 g/mol. The molecule has 1 aromatic carbocycles. The van der Waals surface area contributed by atoms with E-state index < -0.39 is 0 Å². The minimum absolute atomic E-state index is 0. The first-order valence-corrected chi connectivity index (χ1v) is 7.83. The first-order chi connectivity index (χ1) is 10.7. The summed E-state index contributed by atoms with van der Waals surface area (Å²) in [5.74, 6) is 0.543. The van der Waals surface area contributed by atoms with Gasteiger partial charge in [-0.1, -0.05) is 18.2 Å². The van der Waals surface area contributed by atoms with Gasteiger partial charge in [-0.15, -0.1) is 12.4 Å². The van der Waals surface area contributed by atoms with Crippen molar-refractivity contribution in [2.45, 2.75) is 18.9 Å². The molecule has 0 saturated carbocycles. The number of amides is 1. The quantitative estimate of drug-likeness (QED) is 0.884. The van der Waals surface area contributed by atoms with E-state index in [1.54, 1.807) is 18.2 Å². The highest BCUT2D eigenvalue weighted by atomic mass is 35.5. The fourth-order valence-electron chi connectivity index (χ4n) is 3.63. The molecule has 3 aliphatic rings. The summed E-state index contributed by atoms with van der Waals surface area (Å²) in [7, 11) is 0. The van der Waals surface area contributed by atoms with Gasteiger partial charge >= 0.3 is 0 Å². The number of rotatable bonds is 2. The van der Waals surface area contributed by atoms with Crippen LogP contribution >= 0.6 is 12.4 Å². The van der Waals surface area contributed by atoms with Crippen LogP contribution < -0.4 is 5.32 Å². The number of carbonyl (C=O) groups excluding carboxylic acids is 1. The molecule has 0 unspecified atom stereocenters. The van der Waals surface area contributed by atoms with Crippen LogP contribution in [0.1, 0.15) is 23.3 Å². The van der Waals surface area contributed by atoms with E-state index in [-0.39, 0.29) is 30.1 Å². The van der Waals surface area contributed by atoms with Gasteiger partial charge in [-0.2, -0.15) is 0 Å². The molecule has 1 atom stereocenters. The molecule has 2 aromatic rings. The molecule has 2 bridgehead atoms. The third-order valence-electron chi connectivity index (χ3n) is 4.90. The number of nitrogens with one attached hydrogen (secondary N) is 1. The summed E-state index contributed by atoms with van der Waals surface area (Å²) in [6.07, 6.45) is 2.33. The van der Waals surface area contributed by atoms with Gasteiger partial charge in [-0.05, 0) is 44.0 Å². The number of carbonyl (C=O) groups is 1. The number of hydrogen-bond acceptors (Lipinski definition) is 4. The number of benzene rings is 1. The lowest BCUT2D eigenvalue weighted by Crippen LogP contribution is -2.57. The minimum Gasteiger partial charge on any atom is -0.506 e. The summed E-state index contributed by atoms with van der Waals surface area (Å²) >= 11 is 0.